The molecule has 2 aromatic carbocycles. The summed E-state index contributed by atoms with van der Waals surface area (Å²) in [6.45, 7) is 0.453. The molecule has 0 radical (unpaired) electrons. The highest BCUT2D eigenvalue weighted by Crippen LogP contribution is 2.08. The van der Waals surface area contributed by atoms with E-state index >= 15 is 0 Å². The van der Waals surface area contributed by atoms with E-state index in [9.17, 15) is 4.79 Å². The van der Waals surface area contributed by atoms with E-state index in [-0.39, 0.29) is 12.5 Å². The van der Waals surface area contributed by atoms with Crippen LogP contribution in [0.3, 0.4) is 0 Å². The van der Waals surface area contributed by atoms with Crippen molar-refractivity contribution in [1.29, 1.82) is 0 Å². The van der Waals surface area contributed by atoms with Gasteiger partial charge in [-0.1, -0.05) is 30.3 Å². The summed E-state index contributed by atoms with van der Waals surface area (Å²) in [6.07, 6.45) is 0. The molecule has 0 atom stereocenters. The van der Waals surface area contributed by atoms with Crippen LogP contribution in [0.2, 0.25) is 0 Å². The van der Waals surface area contributed by atoms with Crippen LogP contribution in [0.15, 0.2) is 54.6 Å². The molecule has 0 saturated carbocycles. The van der Waals surface area contributed by atoms with Crippen molar-refractivity contribution in [1.82, 2.24) is 5.32 Å². The van der Waals surface area contributed by atoms with Gasteiger partial charge in [0.25, 0.3) is 5.91 Å². The van der Waals surface area contributed by atoms with E-state index in [0.29, 0.717) is 18.0 Å². The second-order valence-corrected chi connectivity index (χ2v) is 4.12. The van der Waals surface area contributed by atoms with Gasteiger partial charge in [0.2, 0.25) is 0 Å². The summed E-state index contributed by atoms with van der Waals surface area (Å²) in [5.41, 5.74) is 7.32. The summed E-state index contributed by atoms with van der Waals surface area (Å²) in [4.78, 5) is 11.6. The maximum atomic E-state index is 11.6. The monoisotopic (exact) mass is 256 g/mol. The Labute approximate surface area is 112 Å². The van der Waals surface area contributed by atoms with Crippen LogP contribution in [0.4, 0.5) is 5.69 Å². The van der Waals surface area contributed by atoms with Crippen LogP contribution in [0.5, 0.6) is 5.75 Å². The van der Waals surface area contributed by atoms with Crippen molar-refractivity contribution in [3.63, 3.8) is 0 Å². The molecule has 4 heteroatoms. The molecule has 2 aromatic rings. The van der Waals surface area contributed by atoms with Gasteiger partial charge in [0, 0.05) is 12.2 Å². The molecule has 0 aliphatic carbocycles. The lowest BCUT2D eigenvalue weighted by molar-refractivity contribution is -0.123. The third-order valence-corrected chi connectivity index (χ3v) is 2.55. The molecular weight excluding hydrogens is 240 g/mol. The number of nitrogens with two attached hydrogens (primary N) is 1. The number of ether oxygens (including phenoxy) is 1. The minimum absolute atomic E-state index is 0.00628. The second kappa shape index (κ2) is 6.44. The van der Waals surface area contributed by atoms with Crippen LogP contribution in [-0.4, -0.2) is 12.5 Å². The predicted octanol–water partition coefficient (Wildman–Crippen LogP) is 1.96. The van der Waals surface area contributed by atoms with E-state index in [1.807, 2.05) is 54.6 Å². The summed E-state index contributed by atoms with van der Waals surface area (Å²) >= 11 is 0. The molecule has 0 fully saturated rings. The Bertz CT molecular complexity index is 541. The Morgan fingerprint density at radius 2 is 1.89 bits per heavy atom. The zero-order valence-corrected chi connectivity index (χ0v) is 10.5. The summed E-state index contributed by atoms with van der Waals surface area (Å²) in [5, 5.41) is 2.78. The maximum Gasteiger partial charge on any atom is 0.258 e. The number of amides is 1. The predicted molar refractivity (Wildman–Crippen MR) is 74.6 cm³/mol. The van der Waals surface area contributed by atoms with Gasteiger partial charge in [-0.15, -0.1) is 0 Å². The molecule has 1 amide bonds. The number of nitrogens with one attached hydrogen (secondary N) is 1. The zero-order valence-electron chi connectivity index (χ0n) is 10.5. The number of rotatable bonds is 5. The summed E-state index contributed by atoms with van der Waals surface area (Å²) < 4.78 is 5.34. The van der Waals surface area contributed by atoms with Gasteiger partial charge in [-0.3, -0.25) is 4.79 Å². The molecule has 3 N–H and O–H groups in total. The third kappa shape index (κ3) is 4.35. The van der Waals surface area contributed by atoms with Crippen LogP contribution in [0, 0.1) is 0 Å². The number of nitrogen functional groups attached to an aromatic ring is 1. The summed E-state index contributed by atoms with van der Waals surface area (Å²) in [5.74, 6) is 0.521. The highest BCUT2D eigenvalue weighted by atomic mass is 16.5. The van der Waals surface area contributed by atoms with Gasteiger partial charge in [-0.25, -0.2) is 0 Å². The van der Waals surface area contributed by atoms with E-state index in [1.54, 1.807) is 0 Å². The molecular formula is C15H16N2O2. The molecule has 2 rings (SSSR count). The Kier molecular flexibility index (Phi) is 4.39. The fraction of sp³-hybridized carbons (Fsp3) is 0.133. The first-order valence-electron chi connectivity index (χ1n) is 6.03. The zero-order chi connectivity index (χ0) is 13.5. The molecule has 19 heavy (non-hydrogen) atoms. The van der Waals surface area contributed by atoms with Crippen LogP contribution in [-0.2, 0) is 11.3 Å². The number of carbonyl (C=O) groups excluding carboxylic acids is 1. The third-order valence-electron chi connectivity index (χ3n) is 2.55. The van der Waals surface area contributed by atoms with Crippen molar-refractivity contribution in [3.05, 3.63) is 60.2 Å². The average molecular weight is 256 g/mol. The number of para-hydroxylation sites is 1. The number of carbonyl (C=O) groups is 1. The highest BCUT2D eigenvalue weighted by Gasteiger charge is 2.02. The molecule has 98 valence electrons. The van der Waals surface area contributed by atoms with Crippen LogP contribution in [0.25, 0.3) is 0 Å². The molecule has 0 bridgehead atoms. The first kappa shape index (κ1) is 13.0. The Balaban J connectivity index is 1.76. The first-order chi connectivity index (χ1) is 9.24. The molecule has 0 aromatic heterocycles. The smallest absolute Gasteiger partial charge is 0.258 e. The van der Waals surface area contributed by atoms with Crippen molar-refractivity contribution < 1.29 is 9.53 Å². The van der Waals surface area contributed by atoms with E-state index in [2.05, 4.69) is 5.32 Å². The number of benzene rings is 2. The average Bonchev–Trinajstić information content (AvgIpc) is 2.44. The quantitative estimate of drug-likeness (QED) is 0.804. The van der Waals surface area contributed by atoms with Crippen LogP contribution in [0.1, 0.15) is 5.56 Å². The highest BCUT2D eigenvalue weighted by molar-refractivity contribution is 5.77. The standard InChI is InChI=1S/C15H16N2O2/c16-13-6-4-5-12(9-13)10-17-15(18)11-19-14-7-2-1-3-8-14/h1-9H,10-11,16H2,(H,17,18). The molecule has 0 heterocycles. The van der Waals surface area contributed by atoms with E-state index in [1.165, 1.54) is 0 Å². The minimum Gasteiger partial charge on any atom is -0.484 e. The molecule has 0 saturated heterocycles. The number of hydrogen-bond donors (Lipinski definition) is 2. The van der Waals surface area contributed by atoms with Gasteiger partial charge >= 0.3 is 0 Å². The largest absolute Gasteiger partial charge is 0.484 e. The van der Waals surface area contributed by atoms with Gasteiger partial charge in [0.1, 0.15) is 5.75 Å². The molecule has 0 unspecified atom stereocenters. The second-order valence-electron chi connectivity index (χ2n) is 4.12. The van der Waals surface area contributed by atoms with Crippen LogP contribution < -0.4 is 15.8 Å². The molecule has 0 spiro atoms. The summed E-state index contributed by atoms with van der Waals surface area (Å²) in [7, 11) is 0. The maximum absolute atomic E-state index is 11.6. The lowest BCUT2D eigenvalue weighted by Crippen LogP contribution is -2.28. The first-order valence-corrected chi connectivity index (χ1v) is 6.03. The number of anilines is 1. The molecule has 0 aliphatic heterocycles. The van der Waals surface area contributed by atoms with Crippen molar-refractivity contribution in [2.45, 2.75) is 6.54 Å². The number of hydrogen-bond acceptors (Lipinski definition) is 3. The van der Waals surface area contributed by atoms with Crippen LogP contribution >= 0.6 is 0 Å². The van der Waals surface area contributed by atoms with Crippen molar-refractivity contribution >= 4 is 11.6 Å². The summed E-state index contributed by atoms with van der Waals surface area (Å²) in [6, 6.07) is 16.7. The van der Waals surface area contributed by atoms with Gasteiger partial charge in [0.05, 0.1) is 0 Å². The van der Waals surface area contributed by atoms with E-state index < -0.39 is 0 Å². The van der Waals surface area contributed by atoms with E-state index in [0.717, 1.165) is 5.56 Å². The SMILES string of the molecule is Nc1cccc(CNC(=O)COc2ccccc2)c1. The fourth-order valence-corrected chi connectivity index (χ4v) is 1.62. The van der Waals surface area contributed by atoms with Gasteiger partial charge in [-0.05, 0) is 29.8 Å². The van der Waals surface area contributed by atoms with E-state index in [4.69, 9.17) is 10.5 Å². The topological polar surface area (TPSA) is 64.3 Å². The van der Waals surface area contributed by atoms with Gasteiger partial charge in [-0.2, -0.15) is 0 Å². The Hall–Kier alpha value is -2.49. The Morgan fingerprint density at radius 1 is 1.11 bits per heavy atom. The minimum atomic E-state index is -0.161. The lowest BCUT2D eigenvalue weighted by atomic mass is 10.2. The van der Waals surface area contributed by atoms with Gasteiger partial charge < -0.3 is 15.8 Å². The lowest BCUT2D eigenvalue weighted by Gasteiger charge is -2.07. The van der Waals surface area contributed by atoms with Crippen molar-refractivity contribution in [2.75, 3.05) is 12.3 Å². The molecule has 4 nitrogen and oxygen atoms in total. The van der Waals surface area contributed by atoms with Gasteiger partial charge in [0.15, 0.2) is 6.61 Å². The van der Waals surface area contributed by atoms with Crippen molar-refractivity contribution in [2.24, 2.45) is 0 Å². The van der Waals surface area contributed by atoms with Crippen molar-refractivity contribution in [3.8, 4) is 5.75 Å². The Morgan fingerprint density at radius 3 is 2.63 bits per heavy atom. The normalized spacial score (nSPS) is 9.89. The molecule has 0 aliphatic rings. The fourth-order valence-electron chi connectivity index (χ4n) is 1.62.